The summed E-state index contributed by atoms with van der Waals surface area (Å²) < 4.78 is 18.8. The number of nitrogens with one attached hydrogen (secondary N) is 1. The van der Waals surface area contributed by atoms with Crippen molar-refractivity contribution < 1.29 is 9.13 Å². The van der Waals surface area contributed by atoms with Crippen LogP contribution in [0.5, 0.6) is 5.75 Å². The molecule has 0 bridgehead atoms. The molecule has 0 saturated heterocycles. The van der Waals surface area contributed by atoms with Crippen LogP contribution >= 0.6 is 0 Å². The number of aryl methyl sites for hydroxylation is 1. The summed E-state index contributed by atoms with van der Waals surface area (Å²) >= 11 is 0. The Morgan fingerprint density at radius 3 is 2.78 bits per heavy atom. The third kappa shape index (κ3) is 6.01. The predicted octanol–water partition coefficient (Wildman–Crippen LogP) is 3.68. The van der Waals surface area contributed by atoms with E-state index in [1.165, 1.54) is 12.5 Å². The van der Waals surface area contributed by atoms with Crippen LogP contribution in [-0.2, 0) is 0 Å². The van der Waals surface area contributed by atoms with Gasteiger partial charge in [0.15, 0.2) is 11.6 Å². The van der Waals surface area contributed by atoms with Crippen LogP contribution < -0.4 is 10.1 Å². The molecule has 18 heavy (non-hydrogen) atoms. The van der Waals surface area contributed by atoms with Crippen molar-refractivity contribution in [3.8, 4) is 5.75 Å². The molecule has 0 aliphatic heterocycles. The normalized spacial score (nSPS) is 10.6. The van der Waals surface area contributed by atoms with E-state index in [0.717, 1.165) is 37.9 Å². The minimum absolute atomic E-state index is 0.273. The third-order valence-electron chi connectivity index (χ3n) is 2.77. The van der Waals surface area contributed by atoms with E-state index < -0.39 is 0 Å². The molecular formula is C15H24FNO. The van der Waals surface area contributed by atoms with Crippen molar-refractivity contribution in [2.45, 2.75) is 39.5 Å². The minimum atomic E-state index is -0.273. The van der Waals surface area contributed by atoms with Gasteiger partial charge in [-0.3, -0.25) is 0 Å². The second kappa shape index (κ2) is 8.92. The molecule has 0 atom stereocenters. The van der Waals surface area contributed by atoms with Gasteiger partial charge in [0.25, 0.3) is 0 Å². The summed E-state index contributed by atoms with van der Waals surface area (Å²) in [5.74, 6) is 0.101. The number of ether oxygens (including phenoxy) is 1. The standard InChI is InChI=1S/C15H24FNO/c1-3-9-17-10-5-4-6-11-18-15-12-13(2)7-8-14(15)16/h7-8,12,17H,3-6,9-11H2,1-2H3. The zero-order valence-corrected chi connectivity index (χ0v) is 11.5. The summed E-state index contributed by atoms with van der Waals surface area (Å²) in [5, 5.41) is 3.36. The number of benzene rings is 1. The summed E-state index contributed by atoms with van der Waals surface area (Å²) in [7, 11) is 0. The first kappa shape index (κ1) is 15.0. The number of rotatable bonds is 9. The van der Waals surface area contributed by atoms with E-state index in [1.807, 2.05) is 6.92 Å². The van der Waals surface area contributed by atoms with Gasteiger partial charge in [0, 0.05) is 0 Å². The lowest BCUT2D eigenvalue weighted by molar-refractivity contribution is 0.290. The average molecular weight is 253 g/mol. The van der Waals surface area contributed by atoms with Crippen molar-refractivity contribution in [1.82, 2.24) is 5.32 Å². The molecule has 0 radical (unpaired) electrons. The highest BCUT2D eigenvalue weighted by molar-refractivity contribution is 5.29. The maximum Gasteiger partial charge on any atom is 0.165 e. The minimum Gasteiger partial charge on any atom is -0.491 e. The van der Waals surface area contributed by atoms with Crippen LogP contribution in [0.2, 0.25) is 0 Å². The van der Waals surface area contributed by atoms with Gasteiger partial charge in [0.1, 0.15) is 0 Å². The van der Waals surface area contributed by atoms with Crippen molar-refractivity contribution in [2.75, 3.05) is 19.7 Å². The molecule has 0 aliphatic rings. The Bertz CT molecular complexity index is 341. The van der Waals surface area contributed by atoms with Gasteiger partial charge >= 0.3 is 0 Å². The highest BCUT2D eigenvalue weighted by Crippen LogP contribution is 2.18. The second-order valence-electron chi connectivity index (χ2n) is 4.59. The number of hydrogen-bond donors (Lipinski definition) is 1. The first-order valence-electron chi connectivity index (χ1n) is 6.83. The monoisotopic (exact) mass is 253 g/mol. The Morgan fingerprint density at radius 2 is 2.00 bits per heavy atom. The fourth-order valence-corrected chi connectivity index (χ4v) is 1.73. The van der Waals surface area contributed by atoms with Crippen LogP contribution in [0.1, 0.15) is 38.2 Å². The fourth-order valence-electron chi connectivity index (χ4n) is 1.73. The second-order valence-corrected chi connectivity index (χ2v) is 4.59. The molecule has 1 aromatic carbocycles. The van der Waals surface area contributed by atoms with E-state index >= 15 is 0 Å². The van der Waals surface area contributed by atoms with Gasteiger partial charge in [-0.05, 0) is 63.4 Å². The number of halogens is 1. The Hall–Kier alpha value is -1.09. The van der Waals surface area contributed by atoms with E-state index in [9.17, 15) is 4.39 Å². The first-order valence-corrected chi connectivity index (χ1v) is 6.83. The largest absolute Gasteiger partial charge is 0.491 e. The molecule has 1 aromatic rings. The molecule has 0 unspecified atom stereocenters. The number of hydrogen-bond acceptors (Lipinski definition) is 2. The SMILES string of the molecule is CCCNCCCCCOc1cc(C)ccc1F. The lowest BCUT2D eigenvalue weighted by atomic mass is 10.2. The first-order chi connectivity index (χ1) is 8.74. The maximum absolute atomic E-state index is 13.3. The molecule has 3 heteroatoms. The molecule has 102 valence electrons. The smallest absolute Gasteiger partial charge is 0.165 e. The van der Waals surface area contributed by atoms with E-state index in [4.69, 9.17) is 4.74 Å². The Kier molecular flexibility index (Phi) is 7.42. The van der Waals surface area contributed by atoms with Crippen LogP contribution in [0.15, 0.2) is 18.2 Å². The molecule has 2 nitrogen and oxygen atoms in total. The van der Waals surface area contributed by atoms with Crippen molar-refractivity contribution in [1.29, 1.82) is 0 Å². The van der Waals surface area contributed by atoms with Gasteiger partial charge in [-0.25, -0.2) is 4.39 Å². The van der Waals surface area contributed by atoms with Crippen molar-refractivity contribution in [3.63, 3.8) is 0 Å². The van der Waals surface area contributed by atoms with Crippen molar-refractivity contribution in [2.24, 2.45) is 0 Å². The summed E-state index contributed by atoms with van der Waals surface area (Å²) in [6.45, 7) is 6.84. The topological polar surface area (TPSA) is 21.3 Å². The zero-order valence-electron chi connectivity index (χ0n) is 11.5. The molecule has 0 spiro atoms. The van der Waals surface area contributed by atoms with Gasteiger partial charge in [-0.2, -0.15) is 0 Å². The van der Waals surface area contributed by atoms with E-state index in [-0.39, 0.29) is 5.82 Å². The molecule has 0 amide bonds. The quantitative estimate of drug-likeness (QED) is 0.678. The van der Waals surface area contributed by atoms with Gasteiger partial charge in [-0.15, -0.1) is 0 Å². The van der Waals surface area contributed by atoms with E-state index in [1.54, 1.807) is 12.1 Å². The fraction of sp³-hybridized carbons (Fsp3) is 0.600. The van der Waals surface area contributed by atoms with Crippen LogP contribution in [-0.4, -0.2) is 19.7 Å². The zero-order chi connectivity index (χ0) is 13.2. The summed E-state index contributed by atoms with van der Waals surface area (Å²) in [5.41, 5.74) is 1.02. The van der Waals surface area contributed by atoms with Crippen LogP contribution in [0.4, 0.5) is 4.39 Å². The van der Waals surface area contributed by atoms with E-state index in [0.29, 0.717) is 12.4 Å². The van der Waals surface area contributed by atoms with Crippen molar-refractivity contribution >= 4 is 0 Å². The molecule has 1 rings (SSSR count). The third-order valence-corrected chi connectivity index (χ3v) is 2.77. The lowest BCUT2D eigenvalue weighted by Gasteiger charge is -2.08. The van der Waals surface area contributed by atoms with Crippen LogP contribution in [0.3, 0.4) is 0 Å². The van der Waals surface area contributed by atoms with E-state index in [2.05, 4.69) is 12.2 Å². The summed E-state index contributed by atoms with van der Waals surface area (Å²) in [6, 6.07) is 4.96. The average Bonchev–Trinajstić information content (AvgIpc) is 2.36. The van der Waals surface area contributed by atoms with Crippen LogP contribution in [0, 0.1) is 12.7 Å². The maximum atomic E-state index is 13.3. The van der Waals surface area contributed by atoms with Gasteiger partial charge in [-0.1, -0.05) is 13.0 Å². The summed E-state index contributed by atoms with van der Waals surface area (Å²) in [6.07, 6.45) is 4.42. The molecule has 0 saturated carbocycles. The lowest BCUT2D eigenvalue weighted by Crippen LogP contribution is -2.15. The summed E-state index contributed by atoms with van der Waals surface area (Å²) in [4.78, 5) is 0. The van der Waals surface area contributed by atoms with Crippen LogP contribution in [0.25, 0.3) is 0 Å². The Balaban J connectivity index is 2.09. The molecule has 0 fully saturated rings. The van der Waals surface area contributed by atoms with Crippen molar-refractivity contribution in [3.05, 3.63) is 29.6 Å². The molecule has 0 heterocycles. The van der Waals surface area contributed by atoms with Gasteiger partial charge < -0.3 is 10.1 Å². The molecule has 0 aliphatic carbocycles. The molecular weight excluding hydrogens is 229 g/mol. The highest BCUT2D eigenvalue weighted by Gasteiger charge is 2.02. The number of unbranched alkanes of at least 4 members (excludes halogenated alkanes) is 2. The van der Waals surface area contributed by atoms with Gasteiger partial charge in [0.2, 0.25) is 0 Å². The predicted molar refractivity (Wildman–Crippen MR) is 73.6 cm³/mol. The Morgan fingerprint density at radius 1 is 1.17 bits per heavy atom. The molecule has 0 aromatic heterocycles. The Labute approximate surface area is 110 Å². The molecule has 1 N–H and O–H groups in total. The van der Waals surface area contributed by atoms with Gasteiger partial charge in [0.05, 0.1) is 6.61 Å². The highest BCUT2D eigenvalue weighted by atomic mass is 19.1.